The van der Waals surface area contributed by atoms with Gasteiger partial charge in [0.25, 0.3) is 5.91 Å². The summed E-state index contributed by atoms with van der Waals surface area (Å²) >= 11 is 0. The van der Waals surface area contributed by atoms with E-state index in [2.05, 4.69) is 0 Å². The minimum Gasteiger partial charge on any atom is -0.378 e. The van der Waals surface area contributed by atoms with Crippen LogP contribution in [-0.4, -0.2) is 54.4 Å². The van der Waals surface area contributed by atoms with Crippen molar-refractivity contribution < 1.29 is 14.3 Å². The standard InChI is InChI=1S/C19H28N2O3/c1-20-8-2-3-17(20)18(22)21-9-6-19(7-10-21)11-16(24-14-19)13-23-12-15-4-5-15/h2-3,8,15-16H,4-7,9-14H2,1H3/t16-/m1/s1. The van der Waals surface area contributed by atoms with Crippen LogP contribution in [-0.2, 0) is 16.5 Å². The number of nitrogens with zero attached hydrogens (tertiary/aromatic N) is 2. The monoisotopic (exact) mass is 332 g/mol. The average molecular weight is 332 g/mol. The molecule has 4 rings (SSSR count). The zero-order valence-electron chi connectivity index (χ0n) is 14.6. The highest BCUT2D eigenvalue weighted by Crippen LogP contribution is 2.42. The van der Waals surface area contributed by atoms with E-state index in [1.165, 1.54) is 12.8 Å². The highest BCUT2D eigenvalue weighted by atomic mass is 16.5. The van der Waals surface area contributed by atoms with Crippen LogP contribution in [0, 0.1) is 11.3 Å². The first kappa shape index (κ1) is 16.2. The van der Waals surface area contributed by atoms with Crippen molar-refractivity contribution in [3.63, 3.8) is 0 Å². The van der Waals surface area contributed by atoms with Crippen LogP contribution in [0.3, 0.4) is 0 Å². The summed E-state index contributed by atoms with van der Waals surface area (Å²) in [5.74, 6) is 0.965. The molecule has 3 heterocycles. The maximum absolute atomic E-state index is 12.6. The van der Waals surface area contributed by atoms with Crippen LogP contribution >= 0.6 is 0 Å². The lowest BCUT2D eigenvalue weighted by molar-refractivity contribution is 0.00936. The van der Waals surface area contributed by atoms with Gasteiger partial charge < -0.3 is 18.9 Å². The van der Waals surface area contributed by atoms with Crippen LogP contribution in [0.15, 0.2) is 18.3 Å². The summed E-state index contributed by atoms with van der Waals surface area (Å²) in [5, 5.41) is 0. The van der Waals surface area contributed by atoms with Crippen molar-refractivity contribution >= 4 is 5.91 Å². The summed E-state index contributed by atoms with van der Waals surface area (Å²) in [6, 6.07) is 3.83. The summed E-state index contributed by atoms with van der Waals surface area (Å²) in [6.45, 7) is 4.15. The number of hydrogen-bond acceptors (Lipinski definition) is 3. The Bertz CT molecular complexity index is 585. The third kappa shape index (κ3) is 3.38. The molecule has 0 N–H and O–H groups in total. The van der Waals surface area contributed by atoms with Gasteiger partial charge in [-0.15, -0.1) is 0 Å². The molecule has 1 saturated carbocycles. The van der Waals surface area contributed by atoms with Crippen LogP contribution in [0.25, 0.3) is 0 Å². The Labute approximate surface area is 143 Å². The molecule has 5 heteroatoms. The quantitative estimate of drug-likeness (QED) is 0.832. The Balaban J connectivity index is 1.26. The fraction of sp³-hybridized carbons (Fsp3) is 0.737. The van der Waals surface area contributed by atoms with Crippen molar-refractivity contribution in [2.45, 2.75) is 38.2 Å². The van der Waals surface area contributed by atoms with Crippen molar-refractivity contribution in [2.75, 3.05) is 32.9 Å². The van der Waals surface area contributed by atoms with E-state index < -0.39 is 0 Å². The van der Waals surface area contributed by atoms with Crippen molar-refractivity contribution in [1.82, 2.24) is 9.47 Å². The Kier molecular flexibility index (Phi) is 4.39. The first-order chi connectivity index (χ1) is 11.7. The van der Waals surface area contributed by atoms with Crippen molar-refractivity contribution in [3.05, 3.63) is 24.0 Å². The number of piperidine rings is 1. The highest BCUT2D eigenvalue weighted by molar-refractivity contribution is 5.92. The first-order valence-electron chi connectivity index (χ1n) is 9.25. The number of aryl methyl sites for hydroxylation is 1. The maximum atomic E-state index is 12.6. The van der Waals surface area contributed by atoms with Gasteiger partial charge in [-0.05, 0) is 55.6 Å². The molecule has 1 atom stereocenters. The smallest absolute Gasteiger partial charge is 0.270 e. The predicted molar refractivity (Wildman–Crippen MR) is 90.9 cm³/mol. The summed E-state index contributed by atoms with van der Waals surface area (Å²) in [5.41, 5.74) is 1.04. The van der Waals surface area contributed by atoms with Gasteiger partial charge in [0.15, 0.2) is 0 Å². The molecule has 0 unspecified atom stereocenters. The summed E-state index contributed by atoms with van der Waals surface area (Å²) in [4.78, 5) is 14.6. The van der Waals surface area contributed by atoms with Crippen LogP contribution in [0.4, 0.5) is 0 Å². The molecule has 1 aromatic heterocycles. The van der Waals surface area contributed by atoms with E-state index in [1.807, 2.05) is 34.8 Å². The molecule has 0 bridgehead atoms. The van der Waals surface area contributed by atoms with Gasteiger partial charge in [0.2, 0.25) is 0 Å². The lowest BCUT2D eigenvalue weighted by Gasteiger charge is -2.38. The largest absolute Gasteiger partial charge is 0.378 e. The summed E-state index contributed by atoms with van der Waals surface area (Å²) in [6.07, 6.45) is 8.02. The highest BCUT2D eigenvalue weighted by Gasteiger charge is 2.43. The van der Waals surface area contributed by atoms with Gasteiger partial charge in [-0.3, -0.25) is 4.79 Å². The second kappa shape index (κ2) is 6.52. The zero-order valence-corrected chi connectivity index (χ0v) is 14.6. The topological polar surface area (TPSA) is 43.7 Å². The number of aromatic nitrogens is 1. The van der Waals surface area contributed by atoms with E-state index >= 15 is 0 Å². The van der Waals surface area contributed by atoms with Crippen molar-refractivity contribution in [1.29, 1.82) is 0 Å². The number of carbonyl (C=O) groups is 1. The third-order valence-corrected chi connectivity index (χ3v) is 5.91. The molecule has 5 nitrogen and oxygen atoms in total. The fourth-order valence-corrected chi connectivity index (χ4v) is 4.03. The Morgan fingerprint density at radius 3 is 2.79 bits per heavy atom. The van der Waals surface area contributed by atoms with Crippen molar-refractivity contribution in [2.24, 2.45) is 18.4 Å². The van der Waals surface area contributed by atoms with E-state index in [0.717, 1.165) is 63.8 Å². The van der Waals surface area contributed by atoms with Gasteiger partial charge in [-0.2, -0.15) is 0 Å². The molecular weight excluding hydrogens is 304 g/mol. The lowest BCUT2D eigenvalue weighted by atomic mass is 9.76. The van der Waals surface area contributed by atoms with E-state index in [1.54, 1.807) is 0 Å². The van der Waals surface area contributed by atoms with E-state index in [9.17, 15) is 4.79 Å². The molecule has 2 aliphatic heterocycles. The molecular formula is C19H28N2O3. The number of likely N-dealkylation sites (tertiary alicyclic amines) is 1. The second-order valence-electron chi connectivity index (χ2n) is 7.91. The molecule has 3 fully saturated rings. The fourth-order valence-electron chi connectivity index (χ4n) is 4.03. The molecule has 1 amide bonds. The molecule has 2 saturated heterocycles. The molecule has 0 aromatic carbocycles. The summed E-state index contributed by atoms with van der Waals surface area (Å²) < 4.78 is 13.7. The predicted octanol–water partition coefficient (Wildman–Crippen LogP) is 2.46. The SMILES string of the molecule is Cn1cccc1C(=O)N1CCC2(CC1)CO[C@@H](COCC1CC1)C2. The molecule has 1 aromatic rings. The minimum absolute atomic E-state index is 0.153. The van der Waals surface area contributed by atoms with E-state index in [4.69, 9.17) is 9.47 Å². The molecule has 24 heavy (non-hydrogen) atoms. The van der Waals surface area contributed by atoms with Gasteiger partial charge in [0, 0.05) is 32.9 Å². The number of amides is 1. The van der Waals surface area contributed by atoms with Gasteiger partial charge in [-0.25, -0.2) is 0 Å². The zero-order chi connectivity index (χ0) is 16.6. The first-order valence-corrected chi connectivity index (χ1v) is 9.25. The number of rotatable bonds is 5. The molecule has 0 radical (unpaired) electrons. The van der Waals surface area contributed by atoms with Gasteiger partial charge in [-0.1, -0.05) is 0 Å². The lowest BCUT2D eigenvalue weighted by Crippen LogP contribution is -2.44. The molecule has 3 aliphatic rings. The Morgan fingerprint density at radius 2 is 2.12 bits per heavy atom. The van der Waals surface area contributed by atoms with Gasteiger partial charge in [0.1, 0.15) is 5.69 Å². The average Bonchev–Trinajstić information content (AvgIpc) is 3.18. The molecule has 132 valence electrons. The Morgan fingerprint density at radius 1 is 1.33 bits per heavy atom. The van der Waals surface area contributed by atoms with Crippen LogP contribution in [0.2, 0.25) is 0 Å². The van der Waals surface area contributed by atoms with Crippen LogP contribution in [0.1, 0.15) is 42.6 Å². The number of ether oxygens (including phenoxy) is 2. The van der Waals surface area contributed by atoms with Crippen molar-refractivity contribution in [3.8, 4) is 0 Å². The maximum Gasteiger partial charge on any atom is 0.270 e. The summed E-state index contributed by atoms with van der Waals surface area (Å²) in [7, 11) is 1.93. The second-order valence-corrected chi connectivity index (χ2v) is 7.91. The van der Waals surface area contributed by atoms with E-state index in [-0.39, 0.29) is 17.4 Å². The number of carbonyl (C=O) groups excluding carboxylic acids is 1. The Hall–Kier alpha value is -1.33. The molecule has 1 spiro atoms. The van der Waals surface area contributed by atoms with Crippen LogP contribution in [0.5, 0.6) is 0 Å². The minimum atomic E-state index is 0.153. The number of hydrogen-bond donors (Lipinski definition) is 0. The normalized spacial score (nSPS) is 26.2. The van der Waals surface area contributed by atoms with Gasteiger partial charge >= 0.3 is 0 Å². The van der Waals surface area contributed by atoms with Gasteiger partial charge in [0.05, 0.1) is 19.3 Å². The third-order valence-electron chi connectivity index (χ3n) is 5.91. The molecule has 1 aliphatic carbocycles. The van der Waals surface area contributed by atoms with E-state index in [0.29, 0.717) is 0 Å². The van der Waals surface area contributed by atoms with Crippen LogP contribution < -0.4 is 0 Å².